The molecule has 3 heteroatoms. The largest absolute Gasteiger partial charge is 0.381 e. The van der Waals surface area contributed by atoms with Gasteiger partial charge in [-0.25, -0.2) is 0 Å². The number of carbonyl (C=O) groups excluding carboxylic acids is 1. The van der Waals surface area contributed by atoms with Crippen LogP contribution < -0.4 is 5.32 Å². The summed E-state index contributed by atoms with van der Waals surface area (Å²) >= 11 is 0. The molecule has 1 rings (SSSR count). The standard InChI is InChI=1S/C12H23NO2/c1-10(2)3-6-13-12(14)9-11-4-7-15-8-5-11/h10-11H,3-9H2,1-2H3,(H,13,14). The van der Waals surface area contributed by atoms with Crippen molar-refractivity contribution in [2.45, 2.75) is 39.5 Å². The summed E-state index contributed by atoms with van der Waals surface area (Å²) in [6.07, 6.45) is 3.83. The maximum atomic E-state index is 11.5. The maximum Gasteiger partial charge on any atom is 0.220 e. The Hall–Kier alpha value is -0.570. The first-order valence-corrected chi connectivity index (χ1v) is 6.03. The molecule has 1 fully saturated rings. The molecule has 0 bridgehead atoms. The van der Waals surface area contributed by atoms with Gasteiger partial charge in [0.2, 0.25) is 5.91 Å². The molecule has 1 heterocycles. The van der Waals surface area contributed by atoms with Gasteiger partial charge in [-0.05, 0) is 31.1 Å². The first-order chi connectivity index (χ1) is 7.18. The van der Waals surface area contributed by atoms with Gasteiger partial charge in [-0.15, -0.1) is 0 Å². The third-order valence-corrected chi connectivity index (χ3v) is 2.86. The predicted molar refractivity (Wildman–Crippen MR) is 60.6 cm³/mol. The van der Waals surface area contributed by atoms with E-state index in [2.05, 4.69) is 19.2 Å². The highest BCUT2D eigenvalue weighted by atomic mass is 16.5. The van der Waals surface area contributed by atoms with Gasteiger partial charge < -0.3 is 10.1 Å². The minimum atomic E-state index is 0.211. The van der Waals surface area contributed by atoms with Crippen LogP contribution in [0.25, 0.3) is 0 Å². The third kappa shape index (κ3) is 5.78. The minimum absolute atomic E-state index is 0.211. The van der Waals surface area contributed by atoms with E-state index in [4.69, 9.17) is 4.74 Å². The molecule has 0 atom stereocenters. The van der Waals surface area contributed by atoms with Crippen molar-refractivity contribution in [1.82, 2.24) is 5.32 Å². The van der Waals surface area contributed by atoms with Gasteiger partial charge in [0.15, 0.2) is 0 Å². The van der Waals surface area contributed by atoms with Crippen LogP contribution in [0.5, 0.6) is 0 Å². The highest BCUT2D eigenvalue weighted by Gasteiger charge is 2.16. The lowest BCUT2D eigenvalue weighted by Crippen LogP contribution is -2.29. The summed E-state index contributed by atoms with van der Waals surface area (Å²) in [6, 6.07) is 0. The summed E-state index contributed by atoms with van der Waals surface area (Å²) in [5.41, 5.74) is 0. The van der Waals surface area contributed by atoms with Gasteiger partial charge in [0.1, 0.15) is 0 Å². The van der Waals surface area contributed by atoms with E-state index in [0.717, 1.165) is 39.0 Å². The van der Waals surface area contributed by atoms with Crippen molar-refractivity contribution < 1.29 is 9.53 Å². The zero-order chi connectivity index (χ0) is 11.1. The minimum Gasteiger partial charge on any atom is -0.381 e. The summed E-state index contributed by atoms with van der Waals surface area (Å²) in [6.45, 7) is 6.81. The van der Waals surface area contributed by atoms with Gasteiger partial charge in [0, 0.05) is 26.2 Å². The van der Waals surface area contributed by atoms with Crippen molar-refractivity contribution >= 4 is 5.91 Å². The Kier molecular flexibility index (Phi) is 5.69. The highest BCUT2D eigenvalue weighted by molar-refractivity contribution is 5.76. The van der Waals surface area contributed by atoms with Crippen LogP contribution >= 0.6 is 0 Å². The molecule has 1 aliphatic rings. The fourth-order valence-corrected chi connectivity index (χ4v) is 1.79. The molecule has 0 aromatic rings. The molecule has 1 N–H and O–H groups in total. The summed E-state index contributed by atoms with van der Waals surface area (Å²) in [7, 11) is 0. The predicted octanol–water partition coefficient (Wildman–Crippen LogP) is 1.97. The second-order valence-corrected chi connectivity index (χ2v) is 4.79. The van der Waals surface area contributed by atoms with Gasteiger partial charge in [-0.3, -0.25) is 4.79 Å². The van der Waals surface area contributed by atoms with Crippen molar-refractivity contribution in [2.75, 3.05) is 19.8 Å². The van der Waals surface area contributed by atoms with Gasteiger partial charge in [0.05, 0.1) is 0 Å². The Labute approximate surface area is 92.6 Å². The molecule has 88 valence electrons. The van der Waals surface area contributed by atoms with E-state index in [1.807, 2.05) is 0 Å². The molecule has 3 nitrogen and oxygen atoms in total. The average molecular weight is 213 g/mol. The van der Waals surface area contributed by atoms with Gasteiger partial charge in [-0.1, -0.05) is 13.8 Å². The number of hydrogen-bond donors (Lipinski definition) is 1. The molecule has 0 saturated carbocycles. The first-order valence-electron chi connectivity index (χ1n) is 6.03. The average Bonchev–Trinajstić information content (AvgIpc) is 2.18. The Balaban J connectivity index is 2.06. The smallest absolute Gasteiger partial charge is 0.220 e. The second kappa shape index (κ2) is 6.83. The zero-order valence-corrected chi connectivity index (χ0v) is 9.92. The number of rotatable bonds is 5. The van der Waals surface area contributed by atoms with Crippen LogP contribution in [0.3, 0.4) is 0 Å². The molecule has 0 spiro atoms. The van der Waals surface area contributed by atoms with Crippen LogP contribution in [0.15, 0.2) is 0 Å². The fraction of sp³-hybridized carbons (Fsp3) is 0.917. The van der Waals surface area contributed by atoms with Crippen molar-refractivity contribution in [3.8, 4) is 0 Å². The zero-order valence-electron chi connectivity index (χ0n) is 9.92. The van der Waals surface area contributed by atoms with E-state index >= 15 is 0 Å². The molecular formula is C12H23NO2. The van der Waals surface area contributed by atoms with E-state index in [-0.39, 0.29) is 5.91 Å². The second-order valence-electron chi connectivity index (χ2n) is 4.79. The lowest BCUT2D eigenvalue weighted by Gasteiger charge is -2.21. The van der Waals surface area contributed by atoms with Gasteiger partial charge in [-0.2, -0.15) is 0 Å². The molecule has 0 aliphatic carbocycles. The fourth-order valence-electron chi connectivity index (χ4n) is 1.79. The summed E-state index contributed by atoms with van der Waals surface area (Å²) in [5, 5.41) is 2.98. The Morgan fingerprint density at radius 3 is 2.67 bits per heavy atom. The molecule has 1 amide bonds. The van der Waals surface area contributed by atoms with Crippen LogP contribution in [0.2, 0.25) is 0 Å². The molecular weight excluding hydrogens is 190 g/mol. The number of nitrogens with one attached hydrogen (secondary N) is 1. The van der Waals surface area contributed by atoms with E-state index in [1.165, 1.54) is 0 Å². The van der Waals surface area contributed by atoms with Crippen molar-refractivity contribution in [1.29, 1.82) is 0 Å². The van der Waals surface area contributed by atoms with Crippen LogP contribution in [0.1, 0.15) is 39.5 Å². The van der Waals surface area contributed by atoms with E-state index in [0.29, 0.717) is 18.3 Å². The van der Waals surface area contributed by atoms with E-state index in [9.17, 15) is 4.79 Å². The summed E-state index contributed by atoms with van der Waals surface area (Å²) < 4.78 is 5.26. The summed E-state index contributed by atoms with van der Waals surface area (Å²) in [4.78, 5) is 11.5. The quantitative estimate of drug-likeness (QED) is 0.758. The van der Waals surface area contributed by atoms with Crippen molar-refractivity contribution in [3.05, 3.63) is 0 Å². The van der Waals surface area contributed by atoms with Crippen LogP contribution in [0, 0.1) is 11.8 Å². The number of amides is 1. The number of ether oxygens (including phenoxy) is 1. The Morgan fingerprint density at radius 1 is 1.40 bits per heavy atom. The molecule has 0 aromatic heterocycles. The van der Waals surface area contributed by atoms with E-state index in [1.54, 1.807) is 0 Å². The van der Waals surface area contributed by atoms with Gasteiger partial charge in [0.25, 0.3) is 0 Å². The molecule has 0 aromatic carbocycles. The van der Waals surface area contributed by atoms with Crippen LogP contribution in [-0.2, 0) is 9.53 Å². The lowest BCUT2D eigenvalue weighted by atomic mass is 9.96. The topological polar surface area (TPSA) is 38.3 Å². The normalized spacial score (nSPS) is 18.1. The maximum absolute atomic E-state index is 11.5. The van der Waals surface area contributed by atoms with Crippen LogP contribution in [0.4, 0.5) is 0 Å². The monoisotopic (exact) mass is 213 g/mol. The highest BCUT2D eigenvalue weighted by Crippen LogP contribution is 2.17. The first kappa shape index (κ1) is 12.5. The molecule has 1 saturated heterocycles. The van der Waals surface area contributed by atoms with Crippen molar-refractivity contribution in [2.24, 2.45) is 11.8 Å². The molecule has 1 aliphatic heterocycles. The molecule has 15 heavy (non-hydrogen) atoms. The van der Waals surface area contributed by atoms with E-state index < -0.39 is 0 Å². The number of carbonyl (C=O) groups is 1. The third-order valence-electron chi connectivity index (χ3n) is 2.86. The van der Waals surface area contributed by atoms with Crippen molar-refractivity contribution in [3.63, 3.8) is 0 Å². The van der Waals surface area contributed by atoms with Crippen LogP contribution in [-0.4, -0.2) is 25.7 Å². The number of hydrogen-bond acceptors (Lipinski definition) is 2. The van der Waals surface area contributed by atoms with Gasteiger partial charge >= 0.3 is 0 Å². The summed E-state index contributed by atoms with van der Waals surface area (Å²) in [5.74, 6) is 1.41. The molecule has 0 radical (unpaired) electrons. The Bertz CT molecular complexity index is 186. The lowest BCUT2D eigenvalue weighted by molar-refractivity contribution is -0.122. The Morgan fingerprint density at radius 2 is 2.07 bits per heavy atom. The molecule has 0 unspecified atom stereocenters. The SMILES string of the molecule is CC(C)CCNC(=O)CC1CCOCC1.